The molecule has 108 valence electrons. The summed E-state index contributed by atoms with van der Waals surface area (Å²) in [5.74, 6) is 5.65. The van der Waals surface area contributed by atoms with Crippen LogP contribution in [0.1, 0.15) is 41.0 Å². The molecule has 0 bridgehead atoms. The van der Waals surface area contributed by atoms with Crippen molar-refractivity contribution in [2.24, 2.45) is 0 Å². The zero-order valence-electron chi connectivity index (χ0n) is 11.8. The first-order valence-electron chi connectivity index (χ1n) is 6.70. The first-order chi connectivity index (χ1) is 10.2. The van der Waals surface area contributed by atoms with E-state index in [2.05, 4.69) is 27.4 Å². The Morgan fingerprint density at radius 3 is 2.76 bits per heavy atom. The molecule has 0 radical (unpaired) electrons. The Morgan fingerprint density at radius 1 is 1.38 bits per heavy atom. The fourth-order valence-electron chi connectivity index (χ4n) is 1.82. The predicted octanol–water partition coefficient (Wildman–Crippen LogP) is 1.63. The van der Waals surface area contributed by atoms with Crippen molar-refractivity contribution < 1.29 is 9.90 Å². The van der Waals surface area contributed by atoms with Gasteiger partial charge in [0.05, 0.1) is 12.6 Å². The number of hydrogen-bond acceptors (Lipinski definition) is 3. The maximum atomic E-state index is 11.9. The molecule has 1 aromatic carbocycles. The van der Waals surface area contributed by atoms with Gasteiger partial charge in [0, 0.05) is 18.2 Å². The van der Waals surface area contributed by atoms with Gasteiger partial charge >= 0.3 is 0 Å². The van der Waals surface area contributed by atoms with Crippen molar-refractivity contribution in [3.63, 3.8) is 0 Å². The average molecular weight is 283 g/mol. The molecule has 1 heterocycles. The van der Waals surface area contributed by atoms with Crippen LogP contribution in [0.15, 0.2) is 36.5 Å². The van der Waals surface area contributed by atoms with Gasteiger partial charge < -0.3 is 10.4 Å². The highest BCUT2D eigenvalue weighted by Crippen LogP contribution is 2.13. The highest BCUT2D eigenvalue weighted by atomic mass is 16.2. The van der Waals surface area contributed by atoms with E-state index in [1.165, 1.54) is 0 Å². The van der Waals surface area contributed by atoms with E-state index in [9.17, 15) is 4.79 Å². The van der Waals surface area contributed by atoms with Gasteiger partial charge in [-0.05, 0) is 30.7 Å². The molecule has 5 nitrogen and oxygen atoms in total. The number of aromatic nitrogens is 2. The van der Waals surface area contributed by atoms with Gasteiger partial charge in [-0.2, -0.15) is 5.10 Å². The lowest BCUT2D eigenvalue weighted by Crippen LogP contribution is -2.26. The summed E-state index contributed by atoms with van der Waals surface area (Å²) >= 11 is 0. The molecule has 0 aliphatic carbocycles. The highest BCUT2D eigenvalue weighted by Gasteiger charge is 2.11. The van der Waals surface area contributed by atoms with Crippen LogP contribution in [0.25, 0.3) is 0 Å². The van der Waals surface area contributed by atoms with Crippen LogP contribution in [0.4, 0.5) is 0 Å². The smallest absolute Gasteiger partial charge is 0.269 e. The predicted molar refractivity (Wildman–Crippen MR) is 79.5 cm³/mol. The summed E-state index contributed by atoms with van der Waals surface area (Å²) in [5.41, 5.74) is 2.32. The van der Waals surface area contributed by atoms with Gasteiger partial charge in [0.1, 0.15) is 5.69 Å². The van der Waals surface area contributed by atoms with Crippen LogP contribution in [0.5, 0.6) is 0 Å². The van der Waals surface area contributed by atoms with Gasteiger partial charge in [0.15, 0.2) is 0 Å². The number of aliphatic hydroxyl groups is 1. The molecule has 0 spiro atoms. The number of nitrogens with zero attached hydrogens (tertiary/aromatic N) is 1. The second-order valence-corrected chi connectivity index (χ2v) is 4.56. The fraction of sp³-hybridized carbons (Fsp3) is 0.250. The third kappa shape index (κ3) is 4.20. The summed E-state index contributed by atoms with van der Waals surface area (Å²) in [7, 11) is 0. The molecule has 0 aliphatic rings. The van der Waals surface area contributed by atoms with Gasteiger partial charge in [-0.25, -0.2) is 0 Å². The van der Waals surface area contributed by atoms with Crippen LogP contribution >= 0.6 is 0 Å². The van der Waals surface area contributed by atoms with Crippen LogP contribution < -0.4 is 5.32 Å². The van der Waals surface area contributed by atoms with E-state index in [0.717, 1.165) is 11.1 Å². The third-order valence-electron chi connectivity index (χ3n) is 2.97. The summed E-state index contributed by atoms with van der Waals surface area (Å²) in [4.78, 5) is 11.9. The SMILES string of the molecule is CC(NC(=O)c1ccn[nH]1)c1ccc(C#CCCO)cc1. The first-order valence-corrected chi connectivity index (χ1v) is 6.70. The number of amides is 1. The van der Waals surface area contributed by atoms with Crippen molar-refractivity contribution >= 4 is 5.91 Å². The van der Waals surface area contributed by atoms with E-state index < -0.39 is 0 Å². The number of aliphatic hydroxyl groups excluding tert-OH is 1. The molecule has 0 saturated carbocycles. The molecule has 0 aliphatic heterocycles. The van der Waals surface area contributed by atoms with Gasteiger partial charge in [-0.15, -0.1) is 0 Å². The zero-order valence-corrected chi connectivity index (χ0v) is 11.8. The fourth-order valence-corrected chi connectivity index (χ4v) is 1.82. The highest BCUT2D eigenvalue weighted by molar-refractivity contribution is 5.92. The number of H-pyrrole nitrogens is 1. The lowest BCUT2D eigenvalue weighted by atomic mass is 10.1. The summed E-state index contributed by atoms with van der Waals surface area (Å²) in [6, 6.07) is 9.18. The second-order valence-electron chi connectivity index (χ2n) is 4.56. The average Bonchev–Trinajstić information content (AvgIpc) is 3.02. The van der Waals surface area contributed by atoms with Crippen molar-refractivity contribution in [3.05, 3.63) is 53.3 Å². The van der Waals surface area contributed by atoms with Crippen molar-refractivity contribution in [1.82, 2.24) is 15.5 Å². The van der Waals surface area contributed by atoms with E-state index in [1.54, 1.807) is 12.3 Å². The largest absolute Gasteiger partial charge is 0.395 e. The molecule has 21 heavy (non-hydrogen) atoms. The topological polar surface area (TPSA) is 78.0 Å². The van der Waals surface area contributed by atoms with Crippen LogP contribution in [-0.2, 0) is 0 Å². The quantitative estimate of drug-likeness (QED) is 0.746. The first kappa shape index (κ1) is 14.8. The Balaban J connectivity index is 1.98. The maximum absolute atomic E-state index is 11.9. The molecule has 0 fully saturated rings. The van der Waals surface area contributed by atoms with Crippen molar-refractivity contribution in [1.29, 1.82) is 0 Å². The number of hydrogen-bond donors (Lipinski definition) is 3. The minimum Gasteiger partial charge on any atom is -0.395 e. The van der Waals surface area contributed by atoms with Crippen LogP contribution in [0.2, 0.25) is 0 Å². The van der Waals surface area contributed by atoms with Crippen LogP contribution in [0, 0.1) is 11.8 Å². The molecule has 1 unspecified atom stereocenters. The molecular formula is C16H17N3O2. The minimum atomic E-state index is -0.188. The van der Waals surface area contributed by atoms with Gasteiger partial charge in [-0.3, -0.25) is 9.89 Å². The Labute approximate surface area is 123 Å². The van der Waals surface area contributed by atoms with Crippen molar-refractivity contribution in [2.45, 2.75) is 19.4 Å². The van der Waals surface area contributed by atoms with Gasteiger partial charge in [0.2, 0.25) is 0 Å². The third-order valence-corrected chi connectivity index (χ3v) is 2.97. The molecule has 5 heteroatoms. The van der Waals surface area contributed by atoms with Crippen LogP contribution in [0.3, 0.4) is 0 Å². The van der Waals surface area contributed by atoms with E-state index in [4.69, 9.17) is 5.11 Å². The Hall–Kier alpha value is -2.58. The summed E-state index contributed by atoms with van der Waals surface area (Å²) in [5, 5.41) is 17.9. The normalized spacial score (nSPS) is 11.3. The number of nitrogens with one attached hydrogen (secondary N) is 2. The monoisotopic (exact) mass is 283 g/mol. The molecule has 1 amide bonds. The molecule has 1 atom stereocenters. The van der Waals surface area contributed by atoms with Crippen molar-refractivity contribution in [2.75, 3.05) is 6.61 Å². The maximum Gasteiger partial charge on any atom is 0.269 e. The summed E-state index contributed by atoms with van der Waals surface area (Å²) < 4.78 is 0. The molecule has 1 aromatic heterocycles. The zero-order chi connectivity index (χ0) is 15.1. The molecular weight excluding hydrogens is 266 g/mol. The summed E-state index contributed by atoms with van der Waals surface area (Å²) in [6.07, 6.45) is 2.01. The Morgan fingerprint density at radius 2 is 2.14 bits per heavy atom. The number of carbonyl (C=O) groups excluding carboxylic acids is 1. The number of carbonyl (C=O) groups is 1. The van der Waals surface area contributed by atoms with Gasteiger partial charge in [-0.1, -0.05) is 24.0 Å². The minimum absolute atomic E-state index is 0.0712. The number of benzene rings is 1. The molecule has 2 aromatic rings. The van der Waals surface area contributed by atoms with Gasteiger partial charge in [0.25, 0.3) is 5.91 Å². The standard InChI is InChI=1S/C16H17N3O2/c1-12(18-16(21)15-9-10-17-19-15)14-7-5-13(6-8-14)4-2-3-11-20/h5-10,12,20H,3,11H2,1H3,(H,17,19)(H,18,21). The van der Waals surface area contributed by atoms with E-state index in [-0.39, 0.29) is 18.6 Å². The van der Waals surface area contributed by atoms with Crippen LogP contribution in [-0.4, -0.2) is 27.8 Å². The molecule has 3 N–H and O–H groups in total. The van der Waals surface area contributed by atoms with Crippen molar-refractivity contribution in [3.8, 4) is 11.8 Å². The lowest BCUT2D eigenvalue weighted by Gasteiger charge is -2.13. The Bertz CT molecular complexity index is 636. The van der Waals surface area contributed by atoms with E-state index in [0.29, 0.717) is 12.1 Å². The Kier molecular flexibility index (Phi) is 5.13. The van der Waals surface area contributed by atoms with E-state index >= 15 is 0 Å². The van der Waals surface area contributed by atoms with E-state index in [1.807, 2.05) is 31.2 Å². The second kappa shape index (κ2) is 7.27. The molecule has 0 saturated heterocycles. The number of aromatic amines is 1. The number of rotatable bonds is 4. The summed E-state index contributed by atoms with van der Waals surface area (Å²) in [6.45, 7) is 1.99. The molecule has 2 rings (SSSR count). The lowest BCUT2D eigenvalue weighted by molar-refractivity contribution is 0.0935.